The lowest BCUT2D eigenvalue weighted by molar-refractivity contribution is 0.0624. The molecule has 1 aromatic carbocycles. The van der Waals surface area contributed by atoms with E-state index in [1.165, 1.54) is 0 Å². The molecule has 1 aromatic rings. The second-order valence-corrected chi connectivity index (χ2v) is 8.25. The van der Waals surface area contributed by atoms with Crippen molar-refractivity contribution in [2.45, 2.75) is 39.7 Å². The van der Waals surface area contributed by atoms with Crippen LogP contribution in [0.25, 0.3) is 0 Å². The Morgan fingerprint density at radius 1 is 1.04 bits per heavy atom. The van der Waals surface area contributed by atoms with Crippen LogP contribution in [0.15, 0.2) is 18.2 Å². The highest BCUT2D eigenvalue weighted by Gasteiger charge is 2.46. The highest BCUT2D eigenvalue weighted by atomic mass is 28.4. The van der Waals surface area contributed by atoms with Gasteiger partial charge in [-0.05, 0) is 44.9 Å². The number of hydrogen-bond donors (Lipinski definition) is 0. The first kappa shape index (κ1) is 20.5. The Morgan fingerprint density at radius 3 is 2.08 bits per heavy atom. The number of nitriles is 1. The summed E-state index contributed by atoms with van der Waals surface area (Å²) in [6, 6.07) is 5.51. The fourth-order valence-electron chi connectivity index (χ4n) is 2.61. The van der Waals surface area contributed by atoms with Crippen LogP contribution in [-0.4, -0.2) is 35.7 Å². The van der Waals surface area contributed by atoms with Gasteiger partial charge in [0.15, 0.2) is 11.5 Å². The van der Waals surface area contributed by atoms with Crippen molar-refractivity contribution in [3.63, 3.8) is 0 Å². The van der Waals surface area contributed by atoms with Crippen LogP contribution in [-0.2, 0) is 19.7 Å². The molecular formula is C17H27NO5Si. The van der Waals surface area contributed by atoms with Gasteiger partial charge in [0.1, 0.15) is 0 Å². The number of hydrogen-bond acceptors (Lipinski definition) is 6. The number of ether oxygens (including phenoxy) is 2. The third-order valence-electron chi connectivity index (χ3n) is 3.57. The van der Waals surface area contributed by atoms with Gasteiger partial charge in [0, 0.05) is 25.4 Å². The van der Waals surface area contributed by atoms with Crippen LogP contribution in [0.4, 0.5) is 0 Å². The first-order valence-corrected chi connectivity index (χ1v) is 10.0. The maximum Gasteiger partial charge on any atom is 0.504 e. The summed E-state index contributed by atoms with van der Waals surface area (Å²) in [5, 5.41) is 8.67. The van der Waals surface area contributed by atoms with Crippen LogP contribution in [0.5, 0.6) is 11.5 Å². The van der Waals surface area contributed by atoms with Crippen LogP contribution < -0.4 is 9.47 Å². The molecule has 1 atom stereocenters. The minimum atomic E-state index is -2.76. The fraction of sp³-hybridized carbons (Fsp3) is 0.588. The SMILES string of the molecule is CCO[Si](OCC)(OCC)C(C)Cc1ccc(OC#N)c(OC)c1. The van der Waals surface area contributed by atoms with Crippen molar-refractivity contribution >= 4 is 8.80 Å². The minimum absolute atomic E-state index is 0.0878. The standard InChI is InChI=1S/C17H27NO5Si/c1-6-21-24(22-7-2,23-8-3)14(4)11-15-9-10-16(20-13-18)17(12-15)19-5/h9-10,12,14H,6-8,11H2,1-5H3. The van der Waals surface area contributed by atoms with Gasteiger partial charge in [0.2, 0.25) is 0 Å². The van der Waals surface area contributed by atoms with E-state index in [1.54, 1.807) is 19.4 Å². The van der Waals surface area contributed by atoms with Gasteiger partial charge in [-0.3, -0.25) is 0 Å². The summed E-state index contributed by atoms with van der Waals surface area (Å²) in [5.74, 6) is 0.928. The number of nitrogens with zero attached hydrogens (tertiary/aromatic N) is 1. The number of benzene rings is 1. The molecule has 0 saturated carbocycles. The van der Waals surface area contributed by atoms with Crippen LogP contribution in [0.2, 0.25) is 5.54 Å². The van der Waals surface area contributed by atoms with E-state index < -0.39 is 8.80 Å². The molecule has 0 spiro atoms. The van der Waals surface area contributed by atoms with Gasteiger partial charge in [-0.25, -0.2) is 0 Å². The molecule has 0 N–H and O–H groups in total. The van der Waals surface area contributed by atoms with Crippen molar-refractivity contribution in [3.8, 4) is 17.8 Å². The summed E-state index contributed by atoms with van der Waals surface area (Å²) >= 11 is 0. The molecule has 1 rings (SSSR count). The molecule has 7 heteroatoms. The minimum Gasteiger partial charge on any atom is -0.493 e. The summed E-state index contributed by atoms with van der Waals surface area (Å²) in [4.78, 5) is 0. The maximum atomic E-state index is 8.67. The molecule has 0 heterocycles. The van der Waals surface area contributed by atoms with E-state index in [2.05, 4.69) is 6.92 Å². The molecule has 0 aliphatic rings. The molecule has 0 radical (unpaired) electrons. The summed E-state index contributed by atoms with van der Waals surface area (Å²) in [6.45, 7) is 9.58. The monoisotopic (exact) mass is 353 g/mol. The van der Waals surface area contributed by atoms with Gasteiger partial charge < -0.3 is 22.8 Å². The van der Waals surface area contributed by atoms with E-state index in [9.17, 15) is 0 Å². The molecular weight excluding hydrogens is 326 g/mol. The van der Waals surface area contributed by atoms with Gasteiger partial charge in [0.05, 0.1) is 7.11 Å². The summed E-state index contributed by atoms with van der Waals surface area (Å²) in [6.07, 6.45) is 2.38. The number of rotatable bonds is 11. The molecule has 24 heavy (non-hydrogen) atoms. The molecule has 0 bridgehead atoms. The lowest BCUT2D eigenvalue weighted by Crippen LogP contribution is -2.50. The zero-order valence-electron chi connectivity index (χ0n) is 15.1. The zero-order valence-corrected chi connectivity index (χ0v) is 16.1. The predicted molar refractivity (Wildman–Crippen MR) is 93.0 cm³/mol. The molecule has 0 saturated heterocycles. The molecule has 134 valence electrons. The van der Waals surface area contributed by atoms with Crippen molar-refractivity contribution in [2.24, 2.45) is 0 Å². The second-order valence-electron chi connectivity index (χ2n) is 5.19. The van der Waals surface area contributed by atoms with E-state index >= 15 is 0 Å². The maximum absolute atomic E-state index is 8.67. The van der Waals surface area contributed by atoms with Gasteiger partial charge in [0.25, 0.3) is 6.26 Å². The highest BCUT2D eigenvalue weighted by molar-refractivity contribution is 6.62. The Bertz CT molecular complexity index is 529. The van der Waals surface area contributed by atoms with Crippen LogP contribution in [0.3, 0.4) is 0 Å². The third-order valence-corrected chi connectivity index (χ3v) is 7.05. The Hall–Kier alpha value is -1.59. The van der Waals surface area contributed by atoms with E-state index in [1.807, 2.05) is 32.9 Å². The van der Waals surface area contributed by atoms with Crippen molar-refractivity contribution < 1.29 is 22.8 Å². The van der Waals surface area contributed by atoms with Gasteiger partial charge in [-0.15, -0.1) is 5.26 Å². The third kappa shape index (κ3) is 5.21. The Kier molecular flexibility index (Phi) is 8.78. The lowest BCUT2D eigenvalue weighted by Gasteiger charge is -2.33. The normalized spacial score (nSPS) is 12.5. The van der Waals surface area contributed by atoms with Crippen molar-refractivity contribution in [2.75, 3.05) is 26.9 Å². The average molecular weight is 353 g/mol. The van der Waals surface area contributed by atoms with Crippen molar-refractivity contribution in [1.29, 1.82) is 5.26 Å². The number of methoxy groups -OCH3 is 1. The van der Waals surface area contributed by atoms with Crippen LogP contribution >= 0.6 is 0 Å². The smallest absolute Gasteiger partial charge is 0.493 e. The second kappa shape index (κ2) is 10.3. The lowest BCUT2D eigenvalue weighted by atomic mass is 10.1. The first-order valence-electron chi connectivity index (χ1n) is 8.21. The Morgan fingerprint density at radius 2 is 1.62 bits per heavy atom. The van der Waals surface area contributed by atoms with Gasteiger partial charge >= 0.3 is 8.80 Å². The molecule has 6 nitrogen and oxygen atoms in total. The average Bonchev–Trinajstić information content (AvgIpc) is 2.57. The zero-order chi connectivity index (χ0) is 18.0. The fourth-order valence-corrected chi connectivity index (χ4v) is 5.40. The van der Waals surface area contributed by atoms with Crippen molar-refractivity contribution in [1.82, 2.24) is 0 Å². The molecule has 0 amide bonds. The van der Waals surface area contributed by atoms with E-state index in [-0.39, 0.29) is 5.54 Å². The van der Waals surface area contributed by atoms with E-state index in [4.69, 9.17) is 28.0 Å². The molecule has 1 unspecified atom stereocenters. The molecule has 0 aromatic heterocycles. The summed E-state index contributed by atoms with van der Waals surface area (Å²) in [5.41, 5.74) is 1.13. The van der Waals surface area contributed by atoms with Crippen LogP contribution in [0, 0.1) is 11.5 Å². The first-order chi connectivity index (χ1) is 11.6. The Labute approximate surface area is 145 Å². The largest absolute Gasteiger partial charge is 0.504 e. The van der Waals surface area contributed by atoms with Crippen LogP contribution in [0.1, 0.15) is 33.3 Å². The molecule has 0 aliphatic heterocycles. The molecule has 0 aliphatic carbocycles. The Balaban J connectivity index is 3.01. The van der Waals surface area contributed by atoms with E-state index in [0.29, 0.717) is 31.3 Å². The highest BCUT2D eigenvalue weighted by Crippen LogP contribution is 2.33. The molecule has 0 fully saturated rings. The summed E-state index contributed by atoms with van der Waals surface area (Å²) < 4.78 is 28.1. The predicted octanol–water partition coefficient (Wildman–Crippen LogP) is 3.54. The van der Waals surface area contributed by atoms with Gasteiger partial charge in [-0.1, -0.05) is 13.0 Å². The quantitative estimate of drug-likeness (QED) is 0.448. The van der Waals surface area contributed by atoms with Crippen molar-refractivity contribution in [3.05, 3.63) is 23.8 Å². The summed E-state index contributed by atoms with van der Waals surface area (Å²) in [7, 11) is -1.21. The van der Waals surface area contributed by atoms with E-state index in [0.717, 1.165) is 12.0 Å². The van der Waals surface area contributed by atoms with Gasteiger partial charge in [-0.2, -0.15) is 0 Å². The topological polar surface area (TPSA) is 69.9 Å².